The summed E-state index contributed by atoms with van der Waals surface area (Å²) in [6, 6.07) is 4.45. The second-order valence-electron chi connectivity index (χ2n) is 3.32. The highest BCUT2D eigenvalue weighted by molar-refractivity contribution is 7.16. The van der Waals surface area contributed by atoms with E-state index in [2.05, 4.69) is 4.98 Å². The van der Waals surface area contributed by atoms with Gasteiger partial charge in [-0.15, -0.1) is 22.9 Å². The molecule has 2 aromatic heterocycles. The third-order valence-electron chi connectivity index (χ3n) is 2.02. The number of thiophene rings is 1. The van der Waals surface area contributed by atoms with Gasteiger partial charge in [-0.3, -0.25) is 0 Å². The second kappa shape index (κ2) is 5.08. The fraction of sp³-hybridized carbons (Fsp3) is 0.300. The minimum atomic E-state index is 0.363. The third-order valence-corrected chi connectivity index (χ3v) is 3.51. The van der Waals surface area contributed by atoms with E-state index in [0.717, 1.165) is 21.5 Å². The first-order chi connectivity index (χ1) is 7.69. The summed E-state index contributed by atoms with van der Waals surface area (Å²) in [7, 11) is 1.91. The van der Waals surface area contributed by atoms with Crippen LogP contribution in [0.1, 0.15) is 10.6 Å². The van der Waals surface area contributed by atoms with E-state index >= 15 is 0 Å². The van der Waals surface area contributed by atoms with Crippen molar-refractivity contribution in [3.8, 4) is 0 Å². The van der Waals surface area contributed by atoms with Gasteiger partial charge in [0.25, 0.3) is 6.01 Å². The van der Waals surface area contributed by atoms with Gasteiger partial charge in [-0.2, -0.15) is 4.98 Å². The van der Waals surface area contributed by atoms with Crippen molar-refractivity contribution < 1.29 is 4.42 Å². The summed E-state index contributed by atoms with van der Waals surface area (Å²) in [5.74, 6) is 0.363. The highest BCUT2D eigenvalue weighted by Crippen LogP contribution is 2.24. The summed E-state index contributed by atoms with van der Waals surface area (Å²) in [5, 5.41) is 0. The highest BCUT2D eigenvalue weighted by atomic mass is 35.5. The number of hydrogen-bond acceptors (Lipinski definition) is 4. The number of alkyl halides is 1. The molecule has 0 saturated heterocycles. The lowest BCUT2D eigenvalue weighted by atomic mass is 10.4. The average Bonchev–Trinajstić information content (AvgIpc) is 2.87. The molecule has 86 valence electrons. The van der Waals surface area contributed by atoms with E-state index in [9.17, 15) is 0 Å². The monoisotopic (exact) mass is 276 g/mol. The number of hydrogen-bond donors (Lipinski definition) is 0. The van der Waals surface area contributed by atoms with Crippen molar-refractivity contribution in [2.24, 2.45) is 0 Å². The van der Waals surface area contributed by atoms with Crippen LogP contribution in [0, 0.1) is 0 Å². The van der Waals surface area contributed by atoms with Crippen LogP contribution in [-0.2, 0) is 12.4 Å². The Morgan fingerprint density at radius 2 is 2.31 bits per heavy atom. The van der Waals surface area contributed by atoms with Crippen LogP contribution in [0.25, 0.3) is 0 Å². The lowest BCUT2D eigenvalue weighted by Crippen LogP contribution is -2.15. The number of rotatable bonds is 4. The van der Waals surface area contributed by atoms with Crippen LogP contribution >= 0.6 is 34.5 Å². The number of halogens is 2. The van der Waals surface area contributed by atoms with Crippen molar-refractivity contribution in [2.45, 2.75) is 12.4 Å². The molecule has 16 heavy (non-hydrogen) atoms. The quantitative estimate of drug-likeness (QED) is 0.797. The molecule has 0 atom stereocenters. The Morgan fingerprint density at radius 3 is 2.88 bits per heavy atom. The minimum Gasteiger partial charge on any atom is -0.432 e. The second-order valence-corrected chi connectivity index (χ2v) is 5.38. The minimum absolute atomic E-state index is 0.363. The van der Waals surface area contributed by atoms with E-state index < -0.39 is 0 Å². The van der Waals surface area contributed by atoms with Gasteiger partial charge in [-0.1, -0.05) is 11.6 Å². The zero-order chi connectivity index (χ0) is 11.5. The van der Waals surface area contributed by atoms with Crippen molar-refractivity contribution in [1.82, 2.24) is 4.98 Å². The molecule has 6 heteroatoms. The van der Waals surface area contributed by atoms with E-state index in [-0.39, 0.29) is 0 Å². The smallest absolute Gasteiger partial charge is 0.297 e. The fourth-order valence-corrected chi connectivity index (χ4v) is 2.53. The molecule has 0 aliphatic rings. The van der Waals surface area contributed by atoms with Crippen LogP contribution in [0.2, 0.25) is 4.34 Å². The van der Waals surface area contributed by atoms with Crippen LogP contribution in [-0.4, -0.2) is 12.0 Å². The maximum absolute atomic E-state index is 5.86. The van der Waals surface area contributed by atoms with Crippen LogP contribution in [0.4, 0.5) is 6.01 Å². The molecule has 0 radical (unpaired) electrons. The maximum atomic E-state index is 5.86. The Labute approximate surface area is 108 Å². The van der Waals surface area contributed by atoms with Crippen LogP contribution in [0.15, 0.2) is 22.8 Å². The summed E-state index contributed by atoms with van der Waals surface area (Å²) in [6.45, 7) is 0.722. The lowest BCUT2D eigenvalue weighted by Gasteiger charge is -2.12. The number of nitrogens with zero attached hydrogens (tertiary/aromatic N) is 2. The molecule has 0 spiro atoms. The molecule has 0 bridgehead atoms. The molecular formula is C10H10Cl2N2OS. The first kappa shape index (κ1) is 11.8. The Balaban J connectivity index is 2.05. The average molecular weight is 277 g/mol. The largest absolute Gasteiger partial charge is 0.432 e. The zero-order valence-corrected chi connectivity index (χ0v) is 10.9. The van der Waals surface area contributed by atoms with Crippen molar-refractivity contribution in [1.29, 1.82) is 0 Å². The topological polar surface area (TPSA) is 29.3 Å². The van der Waals surface area contributed by atoms with Gasteiger partial charge in [0.1, 0.15) is 6.26 Å². The van der Waals surface area contributed by atoms with E-state index in [0.29, 0.717) is 11.9 Å². The standard InChI is InChI=1S/C10H10Cl2N2OS/c1-14(5-8-2-3-9(12)16-8)10-13-7(4-11)6-15-10/h2-3,6H,4-5H2,1H3. The van der Waals surface area contributed by atoms with Gasteiger partial charge < -0.3 is 9.32 Å². The summed E-state index contributed by atoms with van der Waals surface area (Å²) in [6.07, 6.45) is 1.57. The SMILES string of the molecule is CN(Cc1ccc(Cl)s1)c1nc(CCl)co1. The van der Waals surface area contributed by atoms with Gasteiger partial charge in [-0.05, 0) is 12.1 Å². The Bertz CT molecular complexity index is 469. The van der Waals surface area contributed by atoms with Gasteiger partial charge >= 0.3 is 0 Å². The Morgan fingerprint density at radius 1 is 1.50 bits per heavy atom. The fourth-order valence-electron chi connectivity index (χ4n) is 1.27. The third kappa shape index (κ3) is 2.70. The van der Waals surface area contributed by atoms with Gasteiger partial charge in [-0.25, -0.2) is 0 Å². The van der Waals surface area contributed by atoms with E-state index in [4.69, 9.17) is 27.6 Å². The predicted octanol–water partition coefficient (Wildman–Crippen LogP) is 3.76. The van der Waals surface area contributed by atoms with E-state index in [1.165, 1.54) is 0 Å². The van der Waals surface area contributed by atoms with Gasteiger partial charge in [0.05, 0.1) is 22.5 Å². The van der Waals surface area contributed by atoms with E-state index in [1.54, 1.807) is 17.6 Å². The summed E-state index contributed by atoms with van der Waals surface area (Å²) in [4.78, 5) is 7.31. The van der Waals surface area contributed by atoms with Crippen molar-refractivity contribution >= 4 is 40.6 Å². The molecule has 0 unspecified atom stereocenters. The molecular weight excluding hydrogens is 267 g/mol. The molecule has 2 heterocycles. The Kier molecular flexibility index (Phi) is 3.74. The van der Waals surface area contributed by atoms with Crippen LogP contribution in [0.3, 0.4) is 0 Å². The Hall–Kier alpha value is -0.710. The predicted molar refractivity (Wildman–Crippen MR) is 67.5 cm³/mol. The van der Waals surface area contributed by atoms with Crippen molar-refractivity contribution in [2.75, 3.05) is 11.9 Å². The number of oxazole rings is 1. The molecule has 2 aromatic rings. The molecule has 0 aliphatic carbocycles. The van der Waals surface area contributed by atoms with Crippen molar-refractivity contribution in [3.63, 3.8) is 0 Å². The molecule has 2 rings (SSSR count). The first-order valence-electron chi connectivity index (χ1n) is 4.65. The molecule has 3 nitrogen and oxygen atoms in total. The van der Waals surface area contributed by atoms with Crippen LogP contribution < -0.4 is 4.90 Å². The van der Waals surface area contributed by atoms with Crippen molar-refractivity contribution in [3.05, 3.63) is 33.3 Å². The molecule has 0 aromatic carbocycles. The number of aromatic nitrogens is 1. The normalized spacial score (nSPS) is 10.7. The van der Waals surface area contributed by atoms with Gasteiger partial charge in [0.2, 0.25) is 0 Å². The van der Waals surface area contributed by atoms with Crippen LogP contribution in [0.5, 0.6) is 0 Å². The summed E-state index contributed by atoms with van der Waals surface area (Å²) in [5.41, 5.74) is 0.743. The van der Waals surface area contributed by atoms with Gasteiger partial charge in [0, 0.05) is 11.9 Å². The summed E-state index contributed by atoms with van der Waals surface area (Å²) >= 11 is 13.1. The molecule has 0 fully saturated rings. The zero-order valence-electron chi connectivity index (χ0n) is 8.61. The number of anilines is 1. The highest BCUT2D eigenvalue weighted by Gasteiger charge is 2.10. The van der Waals surface area contributed by atoms with E-state index in [1.807, 2.05) is 24.1 Å². The molecule has 0 aliphatic heterocycles. The molecule has 0 amide bonds. The maximum Gasteiger partial charge on any atom is 0.297 e. The molecule has 0 N–H and O–H groups in total. The van der Waals surface area contributed by atoms with Gasteiger partial charge in [0.15, 0.2) is 0 Å². The first-order valence-corrected chi connectivity index (χ1v) is 6.37. The molecule has 0 saturated carbocycles. The summed E-state index contributed by atoms with van der Waals surface area (Å²) < 4.78 is 6.09. The lowest BCUT2D eigenvalue weighted by molar-refractivity contribution is 0.545.